The highest BCUT2D eigenvalue weighted by Crippen LogP contribution is 2.58. The van der Waals surface area contributed by atoms with E-state index >= 15 is 28.8 Å². The van der Waals surface area contributed by atoms with Crippen LogP contribution < -0.4 is 18.9 Å². The van der Waals surface area contributed by atoms with E-state index in [1.54, 1.807) is 72.8 Å². The fourth-order valence-corrected chi connectivity index (χ4v) is 14.4. The second-order valence-corrected chi connectivity index (χ2v) is 26.9. The Morgan fingerprint density at radius 1 is 0.406 bits per heavy atom. The first-order valence-corrected chi connectivity index (χ1v) is 33.6. The molecule has 2 saturated heterocycles. The van der Waals surface area contributed by atoms with Gasteiger partial charge in [0.05, 0.1) is 60.9 Å². The van der Waals surface area contributed by atoms with Gasteiger partial charge in [-0.3, -0.25) is 29.0 Å². The molecule has 0 spiro atoms. The summed E-state index contributed by atoms with van der Waals surface area (Å²) in [6.45, 7) is 9.90. The first-order chi connectivity index (χ1) is 46.7. The lowest BCUT2D eigenvalue weighted by atomic mass is 9.80. The summed E-state index contributed by atoms with van der Waals surface area (Å²) in [5.74, 6) is -2.92. The van der Waals surface area contributed by atoms with Gasteiger partial charge in [0, 0.05) is 55.9 Å². The number of hydrogen-bond donors (Lipinski definition) is 0. The first-order valence-electron chi connectivity index (χ1n) is 33.6. The highest BCUT2D eigenvalue weighted by Gasteiger charge is 2.48. The summed E-state index contributed by atoms with van der Waals surface area (Å²) in [5, 5.41) is 2.33. The third-order valence-electron chi connectivity index (χ3n) is 19.0. The Labute approximate surface area is 554 Å². The van der Waals surface area contributed by atoms with Crippen molar-refractivity contribution in [3.63, 3.8) is 0 Å². The van der Waals surface area contributed by atoms with Crippen LogP contribution in [0.1, 0.15) is 133 Å². The Balaban J connectivity index is 0.977. The first kappa shape index (κ1) is 62.6. The Hall–Kier alpha value is -9.46. The number of para-hydroxylation sites is 4. The maximum atomic E-state index is 16.2. The van der Waals surface area contributed by atoms with Crippen molar-refractivity contribution >= 4 is 78.7 Å². The van der Waals surface area contributed by atoms with Crippen molar-refractivity contribution in [2.45, 2.75) is 141 Å². The number of esters is 2. The summed E-state index contributed by atoms with van der Waals surface area (Å²) in [6.07, 6.45) is 4.11. The van der Waals surface area contributed by atoms with Crippen molar-refractivity contribution in [1.29, 1.82) is 0 Å². The molecular formula is C78H74N2O16. The Morgan fingerprint density at radius 3 is 0.958 bits per heavy atom. The number of carbonyl (C=O) groups is 6. The van der Waals surface area contributed by atoms with Crippen molar-refractivity contribution in [1.82, 2.24) is 9.80 Å². The minimum Gasteiger partial charge on any atom is -0.461 e. The standard InChI is InChI=1S/C78H74N2O16/c1-43(2)31-59(77(85)95-51-29-17-27-49(33-51)87-39-53-41-89-53)79-73(81)55-35-61(91-45-19-9-5-10-20-45)67-69-63(93-47-23-13-7-14-24-47)37-57-66-58(76(84)80(75(57)83)60(32-44(3)4)78(86)96-52-30-18-28-50(34-52)88-40-54-42-90-54)38-64(94-48-25-15-8-16-26-48)70(72(66)69)68-62(92-46-21-11-6-12-22-46)36-56(74(79)82)65(55)71(67)68/h5-16,19-26,35-38,43-44,49-54,59-60H,17-18,27-34,39-42H2,1-4H3. The molecule has 4 amide bonds. The van der Waals surface area contributed by atoms with Crippen LogP contribution >= 0.6 is 0 Å². The topological polar surface area (TPSA) is 208 Å². The molecule has 4 aliphatic heterocycles. The highest BCUT2D eigenvalue weighted by atomic mass is 16.6. The van der Waals surface area contributed by atoms with Crippen LogP contribution in [-0.4, -0.2) is 121 Å². The van der Waals surface area contributed by atoms with Gasteiger partial charge in [-0.05, 0) is 136 Å². The van der Waals surface area contributed by atoms with E-state index in [4.69, 9.17) is 47.4 Å². The summed E-state index contributed by atoms with van der Waals surface area (Å²) < 4.78 is 64.4. The number of ether oxygens (including phenoxy) is 10. The monoisotopic (exact) mass is 1290 g/mol. The molecule has 6 aliphatic rings. The minimum absolute atomic E-state index is 0.0371. The molecule has 2 saturated carbocycles. The molecule has 4 heterocycles. The molecule has 2 aliphatic carbocycles. The van der Waals surface area contributed by atoms with Gasteiger partial charge in [-0.2, -0.15) is 0 Å². The van der Waals surface area contributed by atoms with Gasteiger partial charge in [-0.25, -0.2) is 9.59 Å². The van der Waals surface area contributed by atoms with Gasteiger partial charge in [0.1, 0.15) is 82.5 Å². The van der Waals surface area contributed by atoms with Gasteiger partial charge in [0.15, 0.2) is 0 Å². The van der Waals surface area contributed by atoms with E-state index in [-0.39, 0.29) is 105 Å². The van der Waals surface area contributed by atoms with E-state index in [1.165, 1.54) is 0 Å². The van der Waals surface area contributed by atoms with Crippen LogP contribution in [-0.2, 0) is 38.0 Å². The number of imide groups is 2. The molecule has 0 N–H and O–H groups in total. The normalized spacial score (nSPS) is 21.3. The van der Waals surface area contributed by atoms with Crippen LogP contribution in [0.4, 0.5) is 0 Å². The smallest absolute Gasteiger partial charge is 0.329 e. The summed E-state index contributed by atoms with van der Waals surface area (Å²) in [7, 11) is 0. The molecule has 492 valence electrons. The minimum atomic E-state index is -1.37. The number of benzene rings is 9. The van der Waals surface area contributed by atoms with Crippen LogP contribution in [0.25, 0.3) is 43.1 Å². The van der Waals surface area contributed by atoms with Crippen molar-refractivity contribution < 1.29 is 76.1 Å². The molecular weight excluding hydrogens is 1220 g/mol. The number of epoxide rings is 2. The van der Waals surface area contributed by atoms with E-state index in [0.717, 1.165) is 35.5 Å². The lowest BCUT2D eigenvalue weighted by Gasteiger charge is -2.37. The average molecular weight is 1300 g/mol. The van der Waals surface area contributed by atoms with E-state index in [0.29, 0.717) is 107 Å². The third kappa shape index (κ3) is 12.4. The molecule has 0 radical (unpaired) electrons. The number of amides is 4. The molecule has 8 unspecified atom stereocenters. The largest absolute Gasteiger partial charge is 0.461 e. The fraction of sp³-hybridized carbons (Fsp3) is 0.359. The van der Waals surface area contributed by atoms with Gasteiger partial charge >= 0.3 is 11.9 Å². The van der Waals surface area contributed by atoms with Crippen LogP contribution in [0, 0.1) is 11.8 Å². The zero-order chi connectivity index (χ0) is 65.9. The van der Waals surface area contributed by atoms with E-state index in [2.05, 4.69) is 0 Å². The van der Waals surface area contributed by atoms with Gasteiger partial charge in [-0.1, -0.05) is 100 Å². The van der Waals surface area contributed by atoms with E-state index in [9.17, 15) is 0 Å². The predicted octanol–water partition coefficient (Wildman–Crippen LogP) is 15.5. The Morgan fingerprint density at radius 2 is 0.688 bits per heavy atom. The van der Waals surface area contributed by atoms with Gasteiger partial charge in [0.25, 0.3) is 23.6 Å². The molecule has 0 bridgehead atoms. The van der Waals surface area contributed by atoms with Crippen LogP contribution in [0.2, 0.25) is 0 Å². The predicted molar refractivity (Wildman–Crippen MR) is 357 cm³/mol. The van der Waals surface area contributed by atoms with E-state index in [1.807, 2.05) is 100 Å². The lowest BCUT2D eigenvalue weighted by Crippen LogP contribution is -2.52. The Kier molecular flexibility index (Phi) is 17.1. The third-order valence-corrected chi connectivity index (χ3v) is 19.0. The van der Waals surface area contributed by atoms with Crippen LogP contribution in [0.15, 0.2) is 146 Å². The SMILES string of the molecule is CC(C)CC(C(=O)OC1CCCC(OCC2CO2)C1)N1C(=O)c2cc(Oc3ccccc3)c3c4c(Oc5ccccc5)cc5c6c(cc(Oc7ccccc7)c(c7c(Oc8ccccc8)cc(c2c37)C1=O)c64)C(=O)N(C(CC(C)C)C(=O)OC1CCCC(OCC2CO2)C1)C5=O. The number of carbonyl (C=O) groups excluding carboxylic acids is 6. The van der Waals surface area contributed by atoms with Crippen LogP contribution in [0.3, 0.4) is 0 Å². The number of hydrogen-bond acceptors (Lipinski definition) is 16. The quantitative estimate of drug-likeness (QED) is 0.0181. The highest BCUT2D eigenvalue weighted by molar-refractivity contribution is 6.45. The Bertz CT molecular complexity index is 3980. The maximum absolute atomic E-state index is 16.2. The van der Waals surface area contributed by atoms with Crippen molar-refractivity contribution in [3.8, 4) is 46.0 Å². The van der Waals surface area contributed by atoms with Crippen molar-refractivity contribution in [3.05, 3.63) is 168 Å². The molecule has 8 atom stereocenters. The second-order valence-electron chi connectivity index (χ2n) is 26.9. The van der Waals surface area contributed by atoms with Gasteiger partial charge in [0.2, 0.25) is 0 Å². The molecule has 96 heavy (non-hydrogen) atoms. The van der Waals surface area contributed by atoms with E-state index < -0.39 is 59.9 Å². The summed E-state index contributed by atoms with van der Waals surface area (Å²) in [5.41, 5.74) is 0.148. The zero-order valence-corrected chi connectivity index (χ0v) is 54.0. The lowest BCUT2D eigenvalue weighted by molar-refractivity contribution is -0.159. The fourth-order valence-electron chi connectivity index (χ4n) is 14.4. The molecule has 18 heteroatoms. The average Bonchev–Trinajstić information content (AvgIpc) is 1.14. The second kappa shape index (κ2) is 26.3. The summed E-state index contributed by atoms with van der Waals surface area (Å²) in [4.78, 5) is 97.0. The molecule has 0 aromatic heterocycles. The van der Waals surface area contributed by atoms with Crippen molar-refractivity contribution in [2.24, 2.45) is 11.8 Å². The molecule has 18 nitrogen and oxygen atoms in total. The maximum Gasteiger partial charge on any atom is 0.329 e. The van der Waals surface area contributed by atoms with Crippen LogP contribution in [0.5, 0.6) is 46.0 Å². The number of nitrogens with zero attached hydrogens (tertiary/aromatic N) is 2. The number of fused-ring (bicyclic) bond motifs is 2. The van der Waals surface area contributed by atoms with Crippen molar-refractivity contribution in [2.75, 3.05) is 26.4 Å². The van der Waals surface area contributed by atoms with Gasteiger partial charge < -0.3 is 47.4 Å². The zero-order valence-electron chi connectivity index (χ0n) is 54.0. The number of rotatable bonds is 24. The molecule has 9 aromatic carbocycles. The molecule has 15 rings (SSSR count). The summed E-state index contributed by atoms with van der Waals surface area (Å²) in [6, 6.07) is 39.7. The van der Waals surface area contributed by atoms with Gasteiger partial charge in [-0.15, -0.1) is 0 Å². The molecule has 4 fully saturated rings. The molecule has 9 aromatic rings. The summed E-state index contributed by atoms with van der Waals surface area (Å²) >= 11 is 0.